The highest BCUT2D eigenvalue weighted by Gasteiger charge is 2.38. The summed E-state index contributed by atoms with van der Waals surface area (Å²) in [5.41, 5.74) is 1.08. The monoisotopic (exact) mass is 398 g/mol. The van der Waals surface area contributed by atoms with Crippen LogP contribution in [0.3, 0.4) is 0 Å². The molecule has 0 fully saturated rings. The van der Waals surface area contributed by atoms with Crippen molar-refractivity contribution in [1.29, 1.82) is 0 Å². The van der Waals surface area contributed by atoms with Crippen LogP contribution in [0.25, 0.3) is 0 Å². The van der Waals surface area contributed by atoms with Crippen LogP contribution in [0.15, 0.2) is 23.8 Å². The van der Waals surface area contributed by atoms with Crippen molar-refractivity contribution < 1.29 is 12.6 Å². The fourth-order valence-electron chi connectivity index (χ4n) is 3.68. The standard InChI is InChI=1S/C23H42O3S/c1-4-5-6-7-8-9-10-11-12-13-14-15-16-20-26-27(24,25)23(3)19-17-18-22(2)21-23/h17-19H,4-16,20-21H2,1-3H3. The van der Waals surface area contributed by atoms with Crippen LogP contribution in [0, 0.1) is 0 Å². The maximum Gasteiger partial charge on any atom is 0.276 e. The number of rotatable bonds is 16. The molecule has 0 bridgehead atoms. The van der Waals surface area contributed by atoms with E-state index in [0.29, 0.717) is 13.0 Å². The second kappa shape index (κ2) is 13.5. The molecule has 1 aliphatic carbocycles. The first-order chi connectivity index (χ1) is 12.9. The Kier molecular flexibility index (Phi) is 12.3. The lowest BCUT2D eigenvalue weighted by Gasteiger charge is -2.27. The molecule has 0 radical (unpaired) electrons. The number of allylic oxidation sites excluding steroid dienone is 3. The van der Waals surface area contributed by atoms with E-state index in [4.69, 9.17) is 4.18 Å². The van der Waals surface area contributed by atoms with E-state index in [1.165, 1.54) is 70.6 Å². The van der Waals surface area contributed by atoms with Gasteiger partial charge in [-0.1, -0.05) is 108 Å². The van der Waals surface area contributed by atoms with E-state index in [1.54, 1.807) is 13.0 Å². The molecule has 0 aromatic heterocycles. The molecule has 0 saturated carbocycles. The van der Waals surface area contributed by atoms with Gasteiger partial charge in [-0.05, 0) is 26.7 Å². The predicted octanol–water partition coefficient (Wildman–Crippen LogP) is 7.09. The molecule has 1 aliphatic rings. The van der Waals surface area contributed by atoms with Gasteiger partial charge in [0.05, 0.1) is 6.61 Å². The van der Waals surface area contributed by atoms with Crippen LogP contribution in [-0.4, -0.2) is 19.8 Å². The molecular formula is C23H42O3S. The van der Waals surface area contributed by atoms with Gasteiger partial charge in [0.1, 0.15) is 4.75 Å². The van der Waals surface area contributed by atoms with E-state index in [0.717, 1.165) is 18.4 Å². The first kappa shape index (κ1) is 24.4. The summed E-state index contributed by atoms with van der Waals surface area (Å²) in [6.07, 6.45) is 22.7. The molecule has 0 aromatic carbocycles. The highest BCUT2D eigenvalue weighted by molar-refractivity contribution is 7.88. The van der Waals surface area contributed by atoms with Crippen LogP contribution in [0.2, 0.25) is 0 Å². The zero-order valence-corrected chi connectivity index (χ0v) is 18.8. The average Bonchev–Trinajstić information content (AvgIpc) is 2.61. The largest absolute Gasteiger partial charge is 0.276 e. The van der Waals surface area contributed by atoms with Crippen LogP contribution >= 0.6 is 0 Å². The molecule has 1 rings (SSSR count). The third-order valence-electron chi connectivity index (χ3n) is 5.52. The zero-order chi connectivity index (χ0) is 20.0. The summed E-state index contributed by atoms with van der Waals surface area (Å²) >= 11 is 0. The molecule has 4 heteroatoms. The molecule has 27 heavy (non-hydrogen) atoms. The molecule has 1 unspecified atom stereocenters. The fraction of sp³-hybridized carbons (Fsp3) is 0.826. The van der Waals surface area contributed by atoms with Gasteiger partial charge >= 0.3 is 0 Å². The maximum absolute atomic E-state index is 12.5. The molecule has 0 saturated heterocycles. The minimum atomic E-state index is -3.56. The summed E-state index contributed by atoms with van der Waals surface area (Å²) in [4.78, 5) is 0. The van der Waals surface area contributed by atoms with Crippen molar-refractivity contribution in [1.82, 2.24) is 0 Å². The smallest absolute Gasteiger partial charge is 0.269 e. The van der Waals surface area contributed by atoms with E-state index in [-0.39, 0.29) is 0 Å². The second-order valence-corrected chi connectivity index (χ2v) is 10.5. The van der Waals surface area contributed by atoms with Gasteiger partial charge in [-0.25, -0.2) is 0 Å². The molecule has 0 amide bonds. The molecule has 0 aromatic rings. The predicted molar refractivity (Wildman–Crippen MR) is 116 cm³/mol. The molecule has 158 valence electrons. The quantitative estimate of drug-likeness (QED) is 0.206. The number of unbranched alkanes of at least 4 members (excludes halogenated alkanes) is 12. The SMILES string of the molecule is CCCCCCCCCCCCCCCOS(=O)(=O)C1(C)C=CC=C(C)C1. The van der Waals surface area contributed by atoms with Crippen LogP contribution in [-0.2, 0) is 14.3 Å². The Labute approximate surface area is 168 Å². The van der Waals surface area contributed by atoms with E-state index in [9.17, 15) is 8.42 Å². The molecule has 0 heterocycles. The second-order valence-electron chi connectivity index (χ2n) is 8.38. The lowest BCUT2D eigenvalue weighted by Crippen LogP contribution is -2.36. The van der Waals surface area contributed by atoms with E-state index < -0.39 is 14.9 Å². The highest BCUT2D eigenvalue weighted by Crippen LogP contribution is 2.31. The average molecular weight is 399 g/mol. The topological polar surface area (TPSA) is 43.4 Å². The molecule has 0 spiro atoms. The van der Waals surface area contributed by atoms with Crippen LogP contribution in [0.5, 0.6) is 0 Å². The van der Waals surface area contributed by atoms with Crippen molar-refractivity contribution in [3.8, 4) is 0 Å². The third-order valence-corrected chi connectivity index (χ3v) is 7.42. The van der Waals surface area contributed by atoms with Gasteiger partial charge in [-0.3, -0.25) is 4.18 Å². The summed E-state index contributed by atoms with van der Waals surface area (Å²) < 4.78 is 29.3. The van der Waals surface area contributed by atoms with Gasteiger partial charge in [-0.15, -0.1) is 0 Å². The van der Waals surface area contributed by atoms with Gasteiger partial charge in [0, 0.05) is 0 Å². The third kappa shape index (κ3) is 9.94. The molecule has 1 atom stereocenters. The Morgan fingerprint density at radius 2 is 1.37 bits per heavy atom. The zero-order valence-electron chi connectivity index (χ0n) is 18.0. The maximum atomic E-state index is 12.5. The van der Waals surface area contributed by atoms with Crippen molar-refractivity contribution in [3.05, 3.63) is 23.8 Å². The molecule has 3 nitrogen and oxygen atoms in total. The van der Waals surface area contributed by atoms with E-state index in [1.807, 2.05) is 19.1 Å². The first-order valence-electron chi connectivity index (χ1n) is 11.2. The molecule has 0 aliphatic heterocycles. The van der Waals surface area contributed by atoms with Gasteiger partial charge in [0.25, 0.3) is 10.1 Å². The van der Waals surface area contributed by atoms with Gasteiger partial charge < -0.3 is 0 Å². The van der Waals surface area contributed by atoms with Gasteiger partial charge in [0.15, 0.2) is 0 Å². The summed E-state index contributed by atoms with van der Waals surface area (Å²) in [5, 5.41) is 0. The summed E-state index contributed by atoms with van der Waals surface area (Å²) in [5.74, 6) is 0. The van der Waals surface area contributed by atoms with Gasteiger partial charge in [0.2, 0.25) is 0 Å². The van der Waals surface area contributed by atoms with Crippen molar-refractivity contribution in [2.24, 2.45) is 0 Å². The lowest BCUT2D eigenvalue weighted by molar-refractivity contribution is 0.294. The molecule has 0 N–H and O–H groups in total. The van der Waals surface area contributed by atoms with E-state index in [2.05, 4.69) is 6.92 Å². The Balaban J connectivity index is 1.98. The van der Waals surface area contributed by atoms with Crippen LogP contribution in [0.4, 0.5) is 0 Å². The Morgan fingerprint density at radius 1 is 0.889 bits per heavy atom. The lowest BCUT2D eigenvalue weighted by atomic mass is 9.96. The normalized spacial score (nSPS) is 20.0. The van der Waals surface area contributed by atoms with Gasteiger partial charge in [-0.2, -0.15) is 8.42 Å². The van der Waals surface area contributed by atoms with E-state index >= 15 is 0 Å². The van der Waals surface area contributed by atoms with Crippen LogP contribution in [0.1, 0.15) is 111 Å². The molecular weight excluding hydrogens is 356 g/mol. The first-order valence-corrected chi connectivity index (χ1v) is 12.6. The highest BCUT2D eigenvalue weighted by atomic mass is 32.2. The van der Waals surface area contributed by atoms with Crippen LogP contribution < -0.4 is 0 Å². The summed E-state index contributed by atoms with van der Waals surface area (Å²) in [6, 6.07) is 0. The van der Waals surface area contributed by atoms with Crippen molar-refractivity contribution in [2.45, 2.75) is 115 Å². The fourth-order valence-corrected chi connectivity index (χ4v) is 4.94. The Bertz CT molecular complexity index is 548. The van der Waals surface area contributed by atoms with Crippen molar-refractivity contribution >= 4 is 10.1 Å². The summed E-state index contributed by atoms with van der Waals surface area (Å²) in [6.45, 7) is 6.28. The van der Waals surface area contributed by atoms with Crippen molar-refractivity contribution in [2.75, 3.05) is 6.61 Å². The number of hydrogen-bond donors (Lipinski definition) is 0. The minimum Gasteiger partial charge on any atom is -0.269 e. The minimum absolute atomic E-state index is 0.312. The Hall–Kier alpha value is -0.610. The number of hydrogen-bond acceptors (Lipinski definition) is 3. The summed E-state index contributed by atoms with van der Waals surface area (Å²) in [7, 11) is -3.56. The van der Waals surface area contributed by atoms with Crippen molar-refractivity contribution in [3.63, 3.8) is 0 Å². The Morgan fingerprint density at radius 3 is 1.85 bits per heavy atom.